The van der Waals surface area contributed by atoms with Crippen molar-refractivity contribution in [2.24, 2.45) is 0 Å². The Hall–Kier alpha value is -3.46. The van der Waals surface area contributed by atoms with Crippen LogP contribution in [0.2, 0.25) is 10.0 Å². The van der Waals surface area contributed by atoms with Crippen LogP contribution in [-0.4, -0.2) is 28.5 Å². The first-order chi connectivity index (χ1) is 16.8. The fourth-order valence-corrected chi connectivity index (χ4v) is 4.45. The summed E-state index contributed by atoms with van der Waals surface area (Å²) in [6, 6.07) is 18.3. The van der Waals surface area contributed by atoms with E-state index in [-0.39, 0.29) is 6.54 Å². The quantitative estimate of drug-likeness (QED) is 0.275. The summed E-state index contributed by atoms with van der Waals surface area (Å²) in [5.41, 5.74) is 2.94. The number of rotatable bonds is 8. The van der Waals surface area contributed by atoms with Crippen LogP contribution in [0, 0.1) is 5.82 Å². The molecule has 0 spiro atoms. The summed E-state index contributed by atoms with van der Waals surface area (Å²) in [4.78, 5) is 29.2. The minimum Gasteiger partial charge on any atom is -0.480 e. The first-order valence-electron chi connectivity index (χ1n) is 10.3. The van der Waals surface area contributed by atoms with Crippen LogP contribution < -0.4 is 10.2 Å². The molecule has 0 unspecified atom stereocenters. The van der Waals surface area contributed by atoms with Gasteiger partial charge in [0, 0.05) is 16.5 Å². The fraction of sp³-hybridized carbons (Fsp3) is 0.0800. The number of hydrogen-bond acceptors (Lipinski definition) is 5. The van der Waals surface area contributed by atoms with Gasteiger partial charge in [-0.15, -0.1) is 11.3 Å². The molecule has 0 aliphatic rings. The highest BCUT2D eigenvalue weighted by molar-refractivity contribution is 7.14. The van der Waals surface area contributed by atoms with Crippen molar-refractivity contribution >= 4 is 57.2 Å². The summed E-state index contributed by atoms with van der Waals surface area (Å²) >= 11 is 13.5. The number of anilines is 2. The number of carbonyl (C=O) groups excluding carboxylic acids is 1. The van der Waals surface area contributed by atoms with Gasteiger partial charge >= 0.3 is 5.97 Å². The Morgan fingerprint density at radius 3 is 2.46 bits per heavy atom. The molecule has 0 aliphatic heterocycles. The van der Waals surface area contributed by atoms with Gasteiger partial charge in [-0.25, -0.2) is 9.37 Å². The lowest BCUT2D eigenvalue weighted by Crippen LogP contribution is -2.29. The van der Waals surface area contributed by atoms with Gasteiger partial charge in [0.05, 0.1) is 28.0 Å². The van der Waals surface area contributed by atoms with E-state index in [9.17, 15) is 14.0 Å². The number of carbonyl (C=O) groups is 2. The Morgan fingerprint density at radius 2 is 1.77 bits per heavy atom. The smallest absolute Gasteiger partial charge is 0.322 e. The molecule has 35 heavy (non-hydrogen) atoms. The molecular weight excluding hydrogens is 512 g/mol. The predicted octanol–water partition coefficient (Wildman–Crippen LogP) is 6.41. The molecule has 1 heterocycles. The summed E-state index contributed by atoms with van der Waals surface area (Å²) in [5.74, 6) is -2.02. The number of hydrogen-bond donors (Lipinski definition) is 2. The second-order valence-corrected chi connectivity index (χ2v) is 9.11. The number of halogens is 3. The van der Waals surface area contributed by atoms with Crippen LogP contribution in [0.1, 0.15) is 15.9 Å². The van der Waals surface area contributed by atoms with Crippen molar-refractivity contribution in [3.05, 3.63) is 99.1 Å². The normalized spacial score (nSPS) is 10.7. The summed E-state index contributed by atoms with van der Waals surface area (Å²) in [7, 11) is 0. The van der Waals surface area contributed by atoms with Crippen LogP contribution in [0.3, 0.4) is 0 Å². The van der Waals surface area contributed by atoms with Gasteiger partial charge < -0.3 is 15.3 Å². The third-order valence-electron chi connectivity index (χ3n) is 5.04. The van der Waals surface area contributed by atoms with Crippen LogP contribution in [0.15, 0.2) is 72.1 Å². The minimum atomic E-state index is -1.13. The highest BCUT2D eigenvalue weighted by atomic mass is 35.5. The predicted molar refractivity (Wildman–Crippen MR) is 136 cm³/mol. The van der Waals surface area contributed by atoms with Crippen LogP contribution in [0.5, 0.6) is 0 Å². The number of benzene rings is 3. The number of nitrogens with zero attached hydrogens (tertiary/aromatic N) is 2. The molecule has 10 heteroatoms. The van der Waals surface area contributed by atoms with E-state index < -0.39 is 24.2 Å². The van der Waals surface area contributed by atoms with Crippen molar-refractivity contribution in [2.75, 3.05) is 11.4 Å². The average Bonchev–Trinajstić information content (AvgIpc) is 3.34. The molecule has 1 amide bonds. The number of aliphatic carboxylic acids is 1. The Labute approximate surface area is 214 Å². The van der Waals surface area contributed by atoms with E-state index in [4.69, 9.17) is 33.3 Å². The zero-order chi connectivity index (χ0) is 24.9. The number of thiazole rings is 1. The molecule has 4 rings (SSSR count). The van der Waals surface area contributed by atoms with Gasteiger partial charge in [0.25, 0.3) is 5.91 Å². The third-order valence-corrected chi connectivity index (χ3v) is 6.64. The lowest BCUT2D eigenvalue weighted by Gasteiger charge is -2.23. The standard InChI is InChI=1S/C25H18Cl2FN3O3S/c26-18-10-9-17(11-19(18)27)21-14-35-25(30-21)31(22-4-2-1-3-20(22)28)13-15-5-7-16(8-6-15)24(34)29-12-23(32)33/h1-11,14H,12-13H2,(H,29,34)(H,32,33). The highest BCUT2D eigenvalue weighted by Gasteiger charge is 2.19. The van der Waals surface area contributed by atoms with Crippen LogP contribution >= 0.6 is 34.5 Å². The molecule has 0 saturated heterocycles. The lowest BCUT2D eigenvalue weighted by molar-refractivity contribution is -0.135. The Balaban J connectivity index is 1.62. The van der Waals surface area contributed by atoms with Crippen LogP contribution in [0.4, 0.5) is 15.2 Å². The molecule has 2 N–H and O–H groups in total. The number of para-hydroxylation sites is 1. The zero-order valence-electron chi connectivity index (χ0n) is 18.0. The van der Waals surface area contributed by atoms with E-state index in [1.807, 2.05) is 11.4 Å². The number of amides is 1. The van der Waals surface area contributed by atoms with Crippen LogP contribution in [0.25, 0.3) is 11.3 Å². The molecule has 0 saturated carbocycles. The molecular formula is C25H18Cl2FN3O3S. The topological polar surface area (TPSA) is 82.5 Å². The van der Waals surface area contributed by atoms with Gasteiger partial charge in [0.15, 0.2) is 5.13 Å². The zero-order valence-corrected chi connectivity index (χ0v) is 20.4. The van der Waals surface area contributed by atoms with E-state index in [0.29, 0.717) is 32.1 Å². The van der Waals surface area contributed by atoms with Gasteiger partial charge in [0.2, 0.25) is 0 Å². The Morgan fingerprint density at radius 1 is 1.03 bits per heavy atom. The summed E-state index contributed by atoms with van der Waals surface area (Å²) in [6.07, 6.45) is 0. The van der Waals surface area contributed by atoms with Gasteiger partial charge in [0.1, 0.15) is 12.4 Å². The monoisotopic (exact) mass is 529 g/mol. The van der Waals surface area contributed by atoms with Gasteiger partial charge in [-0.2, -0.15) is 0 Å². The van der Waals surface area contributed by atoms with E-state index in [1.165, 1.54) is 17.4 Å². The molecule has 4 aromatic rings. The van der Waals surface area contributed by atoms with Gasteiger partial charge in [-0.05, 0) is 42.0 Å². The fourth-order valence-electron chi connectivity index (χ4n) is 3.30. The average molecular weight is 530 g/mol. The summed E-state index contributed by atoms with van der Waals surface area (Å²) in [6.45, 7) is -0.181. The van der Waals surface area contributed by atoms with E-state index in [0.717, 1.165) is 11.1 Å². The maximum Gasteiger partial charge on any atom is 0.322 e. The Kier molecular flexibility index (Phi) is 7.65. The second-order valence-electron chi connectivity index (χ2n) is 7.46. The number of aromatic nitrogens is 1. The first kappa shape index (κ1) is 24.7. The molecule has 178 valence electrons. The second kappa shape index (κ2) is 10.9. The molecule has 0 fully saturated rings. The van der Waals surface area contributed by atoms with Crippen molar-refractivity contribution in [3.63, 3.8) is 0 Å². The summed E-state index contributed by atoms with van der Waals surface area (Å²) < 4.78 is 14.8. The Bertz CT molecular complexity index is 1380. The first-order valence-corrected chi connectivity index (χ1v) is 12.0. The number of carboxylic acid groups (broad SMARTS) is 1. The SMILES string of the molecule is O=C(O)CNC(=O)c1ccc(CN(c2nc(-c3ccc(Cl)c(Cl)c3)cs2)c2ccccc2F)cc1. The molecule has 0 bridgehead atoms. The third kappa shape index (κ3) is 5.97. The van der Waals surface area contributed by atoms with E-state index >= 15 is 0 Å². The van der Waals surface area contributed by atoms with E-state index in [1.54, 1.807) is 59.5 Å². The molecule has 1 aromatic heterocycles. The van der Waals surface area contributed by atoms with Crippen molar-refractivity contribution in [1.29, 1.82) is 0 Å². The molecule has 0 aliphatic carbocycles. The largest absolute Gasteiger partial charge is 0.480 e. The minimum absolute atomic E-state index is 0.284. The number of nitrogens with one attached hydrogen (secondary N) is 1. The van der Waals surface area contributed by atoms with Gasteiger partial charge in [-0.3, -0.25) is 9.59 Å². The highest BCUT2D eigenvalue weighted by Crippen LogP contribution is 2.36. The van der Waals surface area contributed by atoms with Crippen molar-refractivity contribution in [2.45, 2.75) is 6.54 Å². The van der Waals surface area contributed by atoms with Gasteiger partial charge in [-0.1, -0.05) is 53.5 Å². The maximum atomic E-state index is 14.8. The molecule has 3 aromatic carbocycles. The van der Waals surface area contributed by atoms with Crippen LogP contribution in [-0.2, 0) is 11.3 Å². The molecule has 0 radical (unpaired) electrons. The van der Waals surface area contributed by atoms with Crippen molar-refractivity contribution in [1.82, 2.24) is 10.3 Å². The van der Waals surface area contributed by atoms with Crippen molar-refractivity contribution in [3.8, 4) is 11.3 Å². The molecule has 6 nitrogen and oxygen atoms in total. The van der Waals surface area contributed by atoms with E-state index in [2.05, 4.69) is 5.32 Å². The maximum absolute atomic E-state index is 14.8. The lowest BCUT2D eigenvalue weighted by atomic mass is 10.1. The molecule has 0 atom stereocenters. The summed E-state index contributed by atoms with van der Waals surface area (Å²) in [5, 5.41) is 14.3. The van der Waals surface area contributed by atoms with Crippen molar-refractivity contribution < 1.29 is 19.1 Å². The number of carboxylic acids is 1.